The Labute approximate surface area is 166 Å². The van der Waals surface area contributed by atoms with E-state index in [1.54, 1.807) is 38.3 Å². The Morgan fingerprint density at radius 1 is 1.29 bits per heavy atom. The second-order valence-corrected chi connectivity index (χ2v) is 8.18. The molecule has 4 amide bonds. The van der Waals surface area contributed by atoms with Crippen LogP contribution in [0.4, 0.5) is 4.79 Å². The predicted octanol–water partition coefficient (Wildman–Crippen LogP) is 2.50. The molecule has 28 heavy (non-hydrogen) atoms. The van der Waals surface area contributed by atoms with E-state index in [1.807, 2.05) is 4.90 Å². The van der Waals surface area contributed by atoms with Gasteiger partial charge < -0.3 is 15.0 Å². The van der Waals surface area contributed by atoms with Gasteiger partial charge in [0.1, 0.15) is 17.8 Å². The molecular weight excluding hydrogens is 358 g/mol. The van der Waals surface area contributed by atoms with Gasteiger partial charge in [-0.3, -0.25) is 14.5 Å². The summed E-state index contributed by atoms with van der Waals surface area (Å²) in [5, 5.41) is 2.75. The Bertz CT molecular complexity index is 757. The summed E-state index contributed by atoms with van der Waals surface area (Å²) in [7, 11) is 1.57. The summed E-state index contributed by atoms with van der Waals surface area (Å²) in [6.45, 7) is 6.35. The van der Waals surface area contributed by atoms with Crippen molar-refractivity contribution in [3.05, 3.63) is 29.8 Å². The van der Waals surface area contributed by atoms with Crippen LogP contribution >= 0.6 is 0 Å². The molecule has 1 aliphatic heterocycles. The Balaban J connectivity index is 1.72. The summed E-state index contributed by atoms with van der Waals surface area (Å²) in [6, 6.07) is 6.71. The monoisotopic (exact) mass is 387 g/mol. The SMILES string of the molecule is COc1ccc(C2(C)NC(=O)N(CC(=O)N(CCC(C)C)C3CC3)C2=O)cc1. The molecule has 2 fully saturated rings. The number of ether oxygens (including phenoxy) is 1. The zero-order valence-corrected chi connectivity index (χ0v) is 17.0. The Kier molecular flexibility index (Phi) is 5.63. The number of carbonyl (C=O) groups excluding carboxylic acids is 3. The van der Waals surface area contributed by atoms with Gasteiger partial charge in [0.25, 0.3) is 5.91 Å². The maximum Gasteiger partial charge on any atom is 0.325 e. The van der Waals surface area contributed by atoms with Gasteiger partial charge in [0.15, 0.2) is 0 Å². The quantitative estimate of drug-likeness (QED) is 0.695. The normalized spacial score (nSPS) is 21.8. The number of amides is 4. The third-order valence-electron chi connectivity index (χ3n) is 5.49. The van der Waals surface area contributed by atoms with Crippen molar-refractivity contribution in [3.63, 3.8) is 0 Å². The largest absolute Gasteiger partial charge is 0.497 e. The number of rotatable bonds is 8. The van der Waals surface area contributed by atoms with Crippen molar-refractivity contribution in [2.45, 2.75) is 51.6 Å². The Hall–Kier alpha value is -2.57. The van der Waals surface area contributed by atoms with Crippen LogP contribution < -0.4 is 10.1 Å². The van der Waals surface area contributed by atoms with E-state index in [0.29, 0.717) is 23.8 Å². The predicted molar refractivity (Wildman–Crippen MR) is 105 cm³/mol. The lowest BCUT2D eigenvalue weighted by Gasteiger charge is -2.26. The fourth-order valence-electron chi connectivity index (χ4n) is 3.48. The van der Waals surface area contributed by atoms with Crippen molar-refractivity contribution >= 4 is 17.8 Å². The topological polar surface area (TPSA) is 79.0 Å². The van der Waals surface area contributed by atoms with Gasteiger partial charge in [-0.05, 0) is 49.8 Å². The first-order valence-corrected chi connectivity index (χ1v) is 9.84. The number of methoxy groups -OCH3 is 1. The van der Waals surface area contributed by atoms with Gasteiger partial charge in [-0.2, -0.15) is 0 Å². The van der Waals surface area contributed by atoms with E-state index in [9.17, 15) is 14.4 Å². The average molecular weight is 387 g/mol. The van der Waals surface area contributed by atoms with Crippen molar-refractivity contribution < 1.29 is 19.1 Å². The van der Waals surface area contributed by atoms with Crippen LogP contribution in [0.3, 0.4) is 0 Å². The molecule has 1 aromatic rings. The zero-order chi connectivity index (χ0) is 20.5. The number of hydrogen-bond acceptors (Lipinski definition) is 4. The molecule has 7 heteroatoms. The average Bonchev–Trinajstić information content (AvgIpc) is 3.47. The molecule has 7 nitrogen and oxygen atoms in total. The Morgan fingerprint density at radius 2 is 1.93 bits per heavy atom. The first kappa shape index (κ1) is 20.2. The highest BCUT2D eigenvalue weighted by molar-refractivity contribution is 6.09. The summed E-state index contributed by atoms with van der Waals surface area (Å²) < 4.78 is 5.15. The molecule has 0 aromatic heterocycles. The van der Waals surface area contributed by atoms with Gasteiger partial charge in [0, 0.05) is 12.6 Å². The van der Waals surface area contributed by atoms with Gasteiger partial charge in [-0.1, -0.05) is 26.0 Å². The van der Waals surface area contributed by atoms with Crippen LogP contribution in [0.1, 0.15) is 45.6 Å². The number of nitrogens with one attached hydrogen (secondary N) is 1. The van der Waals surface area contributed by atoms with Crippen molar-refractivity contribution in [2.24, 2.45) is 5.92 Å². The molecule has 0 radical (unpaired) electrons. The molecule has 1 N–H and O–H groups in total. The number of imide groups is 1. The van der Waals surface area contributed by atoms with Gasteiger partial charge in [-0.25, -0.2) is 4.79 Å². The first-order valence-electron chi connectivity index (χ1n) is 9.84. The lowest BCUT2D eigenvalue weighted by atomic mass is 9.92. The minimum atomic E-state index is -1.19. The molecule has 152 valence electrons. The third-order valence-corrected chi connectivity index (χ3v) is 5.49. The second kappa shape index (κ2) is 7.81. The summed E-state index contributed by atoms with van der Waals surface area (Å²) >= 11 is 0. The molecule has 1 saturated heterocycles. The van der Waals surface area contributed by atoms with E-state index in [2.05, 4.69) is 19.2 Å². The fourth-order valence-corrected chi connectivity index (χ4v) is 3.48. The molecule has 1 atom stereocenters. The molecule has 1 heterocycles. The molecule has 0 spiro atoms. The summed E-state index contributed by atoms with van der Waals surface area (Å²) in [4.78, 5) is 41.3. The lowest BCUT2D eigenvalue weighted by Crippen LogP contribution is -2.45. The molecular formula is C21H29N3O4. The maximum atomic E-state index is 13.0. The summed E-state index contributed by atoms with van der Waals surface area (Å²) in [5.74, 6) is 0.590. The van der Waals surface area contributed by atoms with Gasteiger partial charge in [0.2, 0.25) is 5.91 Å². The van der Waals surface area contributed by atoms with Crippen molar-refractivity contribution in [1.82, 2.24) is 15.1 Å². The van der Waals surface area contributed by atoms with Crippen molar-refractivity contribution in [2.75, 3.05) is 20.2 Å². The van der Waals surface area contributed by atoms with Crippen LogP contribution in [0.5, 0.6) is 5.75 Å². The molecule has 1 aliphatic carbocycles. The molecule has 1 saturated carbocycles. The van der Waals surface area contributed by atoms with Crippen LogP contribution in [0, 0.1) is 5.92 Å². The third kappa shape index (κ3) is 3.98. The van der Waals surface area contributed by atoms with E-state index in [1.165, 1.54) is 0 Å². The van der Waals surface area contributed by atoms with Crippen LogP contribution in [0.15, 0.2) is 24.3 Å². The Morgan fingerprint density at radius 3 is 2.46 bits per heavy atom. The number of benzene rings is 1. The number of carbonyl (C=O) groups is 3. The van der Waals surface area contributed by atoms with Gasteiger partial charge in [0.05, 0.1) is 7.11 Å². The summed E-state index contributed by atoms with van der Waals surface area (Å²) in [5.41, 5.74) is -0.535. The zero-order valence-electron chi connectivity index (χ0n) is 17.0. The molecule has 1 unspecified atom stereocenters. The molecule has 0 bridgehead atoms. The smallest absolute Gasteiger partial charge is 0.325 e. The fraction of sp³-hybridized carbons (Fsp3) is 0.571. The standard InChI is InChI=1S/C21H29N3O4/c1-14(2)11-12-23(16-7-8-16)18(25)13-24-19(26)21(3,22-20(24)27)15-5-9-17(28-4)10-6-15/h5-6,9-10,14,16H,7-8,11-13H2,1-4H3,(H,22,27). The van der Waals surface area contributed by atoms with Crippen LogP contribution in [-0.4, -0.2) is 53.9 Å². The number of hydrogen-bond donors (Lipinski definition) is 1. The molecule has 2 aliphatic rings. The second-order valence-electron chi connectivity index (χ2n) is 8.18. The summed E-state index contributed by atoms with van der Waals surface area (Å²) in [6.07, 6.45) is 2.90. The highest BCUT2D eigenvalue weighted by Gasteiger charge is 2.50. The minimum Gasteiger partial charge on any atom is -0.497 e. The molecule has 1 aromatic carbocycles. The van der Waals surface area contributed by atoms with Gasteiger partial charge >= 0.3 is 6.03 Å². The van der Waals surface area contributed by atoms with E-state index in [0.717, 1.165) is 24.2 Å². The van der Waals surface area contributed by atoms with E-state index < -0.39 is 17.5 Å². The van der Waals surface area contributed by atoms with Crippen LogP contribution in [0.2, 0.25) is 0 Å². The molecule has 3 rings (SSSR count). The maximum absolute atomic E-state index is 13.0. The van der Waals surface area contributed by atoms with Crippen molar-refractivity contribution in [3.8, 4) is 5.75 Å². The first-order chi connectivity index (χ1) is 13.3. The van der Waals surface area contributed by atoms with Crippen LogP contribution in [-0.2, 0) is 15.1 Å². The lowest BCUT2D eigenvalue weighted by molar-refractivity contribution is -0.139. The van der Waals surface area contributed by atoms with Gasteiger partial charge in [-0.15, -0.1) is 0 Å². The number of urea groups is 1. The highest BCUT2D eigenvalue weighted by atomic mass is 16.5. The highest BCUT2D eigenvalue weighted by Crippen LogP contribution is 2.31. The number of nitrogens with zero attached hydrogens (tertiary/aromatic N) is 2. The van der Waals surface area contributed by atoms with E-state index in [-0.39, 0.29) is 18.5 Å². The van der Waals surface area contributed by atoms with Crippen molar-refractivity contribution in [1.29, 1.82) is 0 Å². The van der Waals surface area contributed by atoms with Crippen LogP contribution in [0.25, 0.3) is 0 Å². The minimum absolute atomic E-state index is 0.161. The van der Waals surface area contributed by atoms with E-state index >= 15 is 0 Å². The van der Waals surface area contributed by atoms with E-state index in [4.69, 9.17) is 4.74 Å².